The fraction of sp³-hybridized carbons (Fsp3) is 0.500. The van der Waals surface area contributed by atoms with Crippen LogP contribution in [0.25, 0.3) is 0 Å². The second kappa shape index (κ2) is 6.23. The van der Waals surface area contributed by atoms with E-state index in [-0.39, 0.29) is 0 Å². The predicted octanol–water partition coefficient (Wildman–Crippen LogP) is 4.36. The van der Waals surface area contributed by atoms with Crippen LogP contribution >= 0.6 is 15.9 Å². The van der Waals surface area contributed by atoms with Crippen molar-refractivity contribution in [2.24, 2.45) is 0 Å². The lowest BCUT2D eigenvalue weighted by molar-refractivity contribution is 0.0636. The summed E-state index contributed by atoms with van der Waals surface area (Å²) in [4.78, 5) is 12.1. The Kier molecular flexibility index (Phi) is 5.20. The highest BCUT2D eigenvalue weighted by atomic mass is 79.9. The van der Waals surface area contributed by atoms with Gasteiger partial charge >= 0.3 is 6.09 Å². The lowest BCUT2D eigenvalue weighted by atomic mass is 10.1. The molecule has 4 heteroatoms. The van der Waals surface area contributed by atoms with E-state index in [0.717, 1.165) is 17.7 Å². The van der Waals surface area contributed by atoms with Crippen LogP contribution in [0.15, 0.2) is 24.3 Å². The zero-order valence-corrected chi connectivity index (χ0v) is 12.9. The zero-order chi connectivity index (χ0) is 13.8. The molecule has 0 spiro atoms. The molecule has 0 aliphatic rings. The number of ether oxygens (including phenoxy) is 1. The van der Waals surface area contributed by atoms with Crippen molar-refractivity contribution in [1.29, 1.82) is 0 Å². The number of carbonyl (C=O) groups is 1. The Bertz CT molecular complexity index is 411. The lowest BCUT2D eigenvalue weighted by Gasteiger charge is -2.20. The number of hydrogen-bond acceptors (Lipinski definition) is 2. The van der Waals surface area contributed by atoms with E-state index in [9.17, 15) is 4.79 Å². The molecule has 18 heavy (non-hydrogen) atoms. The highest BCUT2D eigenvalue weighted by molar-refractivity contribution is 9.09. The van der Waals surface area contributed by atoms with Gasteiger partial charge in [-0.25, -0.2) is 4.79 Å². The van der Waals surface area contributed by atoms with Crippen LogP contribution in [0.1, 0.15) is 33.3 Å². The SMILES string of the molecule is CC(Br)Cc1ccccc1NC(=O)OC(C)(C)C. The van der Waals surface area contributed by atoms with Crippen LogP contribution in [-0.4, -0.2) is 16.5 Å². The van der Waals surface area contributed by atoms with Gasteiger partial charge in [0.15, 0.2) is 0 Å². The fourth-order valence-corrected chi connectivity index (χ4v) is 1.89. The Morgan fingerprint density at radius 1 is 1.39 bits per heavy atom. The number of rotatable bonds is 3. The summed E-state index contributed by atoms with van der Waals surface area (Å²) >= 11 is 3.52. The molecule has 0 saturated carbocycles. The summed E-state index contributed by atoms with van der Waals surface area (Å²) in [5.74, 6) is 0. The van der Waals surface area contributed by atoms with Crippen LogP contribution in [0.2, 0.25) is 0 Å². The second-order valence-electron chi connectivity index (χ2n) is 5.27. The highest BCUT2D eigenvalue weighted by Crippen LogP contribution is 2.20. The average Bonchev–Trinajstić information content (AvgIpc) is 2.17. The number of alkyl halides is 1. The van der Waals surface area contributed by atoms with Crippen molar-refractivity contribution in [2.45, 2.75) is 44.5 Å². The quantitative estimate of drug-likeness (QED) is 0.842. The topological polar surface area (TPSA) is 38.3 Å². The summed E-state index contributed by atoms with van der Waals surface area (Å²) in [5, 5.41) is 2.79. The summed E-state index contributed by atoms with van der Waals surface area (Å²) in [6, 6.07) is 7.75. The van der Waals surface area contributed by atoms with Gasteiger partial charge in [-0.05, 0) is 38.8 Å². The number of nitrogens with one attached hydrogen (secondary N) is 1. The van der Waals surface area contributed by atoms with Crippen molar-refractivity contribution in [1.82, 2.24) is 0 Å². The maximum atomic E-state index is 11.7. The van der Waals surface area contributed by atoms with Crippen LogP contribution in [0.4, 0.5) is 10.5 Å². The third kappa shape index (κ3) is 5.54. The molecule has 3 nitrogen and oxygen atoms in total. The fourth-order valence-electron chi connectivity index (χ4n) is 1.54. The molecule has 0 radical (unpaired) electrons. The van der Waals surface area contributed by atoms with E-state index in [0.29, 0.717) is 4.83 Å². The van der Waals surface area contributed by atoms with E-state index in [1.165, 1.54) is 0 Å². The zero-order valence-electron chi connectivity index (χ0n) is 11.3. The standard InChI is InChI=1S/C14H20BrNO2/c1-10(15)9-11-7-5-6-8-12(11)16-13(17)18-14(2,3)4/h5-8,10H,9H2,1-4H3,(H,16,17). The van der Waals surface area contributed by atoms with Crippen molar-refractivity contribution in [3.05, 3.63) is 29.8 Å². The molecule has 1 unspecified atom stereocenters. The van der Waals surface area contributed by atoms with E-state index < -0.39 is 11.7 Å². The molecule has 0 aliphatic heterocycles. The molecular weight excluding hydrogens is 294 g/mol. The van der Waals surface area contributed by atoms with Crippen LogP contribution in [0.3, 0.4) is 0 Å². The molecule has 1 N–H and O–H groups in total. The Balaban J connectivity index is 2.75. The van der Waals surface area contributed by atoms with E-state index >= 15 is 0 Å². The average molecular weight is 314 g/mol. The predicted molar refractivity (Wildman–Crippen MR) is 78.4 cm³/mol. The van der Waals surface area contributed by atoms with Gasteiger partial charge in [0.05, 0.1) is 0 Å². The van der Waals surface area contributed by atoms with Gasteiger partial charge in [-0.1, -0.05) is 41.1 Å². The van der Waals surface area contributed by atoms with Crippen LogP contribution in [-0.2, 0) is 11.2 Å². The van der Waals surface area contributed by atoms with Gasteiger partial charge in [-0.3, -0.25) is 5.32 Å². The Hall–Kier alpha value is -1.03. The first-order chi connectivity index (χ1) is 8.28. The molecule has 100 valence electrons. The van der Waals surface area contributed by atoms with Crippen LogP contribution in [0.5, 0.6) is 0 Å². The monoisotopic (exact) mass is 313 g/mol. The molecule has 0 aromatic heterocycles. The van der Waals surface area contributed by atoms with Gasteiger partial charge in [0, 0.05) is 10.5 Å². The Labute approximate surface area is 117 Å². The van der Waals surface area contributed by atoms with Crippen molar-refractivity contribution in [3.8, 4) is 0 Å². The van der Waals surface area contributed by atoms with Crippen molar-refractivity contribution < 1.29 is 9.53 Å². The van der Waals surface area contributed by atoms with Gasteiger partial charge in [0.2, 0.25) is 0 Å². The molecule has 0 bridgehead atoms. The summed E-state index contributed by atoms with van der Waals surface area (Å²) in [5.41, 5.74) is 1.41. The number of hydrogen-bond donors (Lipinski definition) is 1. The Morgan fingerprint density at radius 2 is 2.00 bits per heavy atom. The van der Waals surface area contributed by atoms with Crippen molar-refractivity contribution in [3.63, 3.8) is 0 Å². The summed E-state index contributed by atoms with van der Waals surface area (Å²) in [6.45, 7) is 7.61. The first kappa shape index (κ1) is 15.0. The molecule has 1 aromatic rings. The first-order valence-electron chi connectivity index (χ1n) is 6.00. The van der Waals surface area contributed by atoms with Crippen molar-refractivity contribution in [2.75, 3.05) is 5.32 Å². The molecule has 0 aliphatic carbocycles. The van der Waals surface area contributed by atoms with Crippen molar-refractivity contribution >= 4 is 27.7 Å². The number of amides is 1. The second-order valence-corrected chi connectivity index (χ2v) is 6.83. The molecule has 1 aromatic carbocycles. The largest absolute Gasteiger partial charge is 0.444 e. The van der Waals surface area contributed by atoms with Crippen LogP contribution < -0.4 is 5.32 Å². The molecule has 0 heterocycles. The summed E-state index contributed by atoms with van der Waals surface area (Å²) in [7, 11) is 0. The molecule has 1 rings (SSSR count). The number of halogens is 1. The first-order valence-corrected chi connectivity index (χ1v) is 6.91. The molecular formula is C14H20BrNO2. The highest BCUT2D eigenvalue weighted by Gasteiger charge is 2.17. The summed E-state index contributed by atoms with van der Waals surface area (Å²) < 4.78 is 5.24. The Morgan fingerprint density at radius 3 is 2.56 bits per heavy atom. The van der Waals surface area contributed by atoms with E-state index in [4.69, 9.17) is 4.74 Å². The maximum Gasteiger partial charge on any atom is 0.412 e. The minimum Gasteiger partial charge on any atom is -0.444 e. The third-order valence-corrected chi connectivity index (χ3v) is 2.48. The minimum absolute atomic E-state index is 0.360. The number of benzene rings is 1. The van der Waals surface area contributed by atoms with Gasteiger partial charge in [-0.2, -0.15) is 0 Å². The molecule has 0 saturated heterocycles. The smallest absolute Gasteiger partial charge is 0.412 e. The summed E-state index contributed by atoms with van der Waals surface area (Å²) in [6.07, 6.45) is 0.434. The van der Waals surface area contributed by atoms with Crippen LogP contribution in [0, 0.1) is 0 Å². The minimum atomic E-state index is -0.484. The molecule has 1 atom stereocenters. The molecule has 1 amide bonds. The van der Waals surface area contributed by atoms with E-state index in [1.54, 1.807) is 0 Å². The maximum absolute atomic E-state index is 11.7. The number of para-hydroxylation sites is 1. The van der Waals surface area contributed by atoms with Gasteiger partial charge in [0.1, 0.15) is 5.60 Å². The molecule has 0 fully saturated rings. The van der Waals surface area contributed by atoms with E-state index in [2.05, 4.69) is 28.2 Å². The van der Waals surface area contributed by atoms with Gasteiger partial charge in [-0.15, -0.1) is 0 Å². The third-order valence-electron chi connectivity index (χ3n) is 2.15. The number of anilines is 1. The van der Waals surface area contributed by atoms with E-state index in [1.807, 2.05) is 45.0 Å². The normalized spacial score (nSPS) is 12.9. The lowest BCUT2D eigenvalue weighted by Crippen LogP contribution is -2.27. The number of carbonyl (C=O) groups excluding carboxylic acids is 1. The van der Waals surface area contributed by atoms with Gasteiger partial charge in [0.25, 0.3) is 0 Å². The van der Waals surface area contributed by atoms with Gasteiger partial charge < -0.3 is 4.74 Å².